The molecule has 3 N–H and O–H groups in total. The Labute approximate surface area is 105 Å². The van der Waals surface area contributed by atoms with Gasteiger partial charge in [0.1, 0.15) is 12.2 Å². The third-order valence-electron chi connectivity index (χ3n) is 1.89. The predicted molar refractivity (Wildman–Crippen MR) is 61.7 cm³/mol. The van der Waals surface area contributed by atoms with Gasteiger partial charge in [0, 0.05) is 18.3 Å². The van der Waals surface area contributed by atoms with Crippen LogP contribution in [0, 0.1) is 0 Å². The first-order valence-corrected chi connectivity index (χ1v) is 4.03. The summed E-state index contributed by atoms with van der Waals surface area (Å²) in [6.07, 6.45) is 2.96. The van der Waals surface area contributed by atoms with Crippen molar-refractivity contribution in [2.75, 3.05) is 13.8 Å². The molecule has 0 aliphatic rings. The molecule has 8 heteroatoms. The minimum absolute atomic E-state index is 0. The summed E-state index contributed by atoms with van der Waals surface area (Å²) in [7, 11) is 1.17. The molecule has 0 saturated carbocycles. The zero-order valence-corrected chi connectivity index (χ0v) is 10.2. The van der Waals surface area contributed by atoms with E-state index in [4.69, 9.17) is 5.73 Å². The molecule has 0 amide bonds. The lowest BCUT2D eigenvalue weighted by molar-refractivity contribution is -0.147. The Balaban J connectivity index is 0. The number of aromatic nitrogens is 2. The van der Waals surface area contributed by atoms with Crippen molar-refractivity contribution in [3.63, 3.8) is 0 Å². The SMILES string of the molecule is COC(=O)C(N)(CF)Cc1cnc[nH]1.Cl.Cl. The van der Waals surface area contributed by atoms with Gasteiger partial charge in [-0.1, -0.05) is 0 Å². The summed E-state index contributed by atoms with van der Waals surface area (Å²) in [5.74, 6) is -0.769. The fourth-order valence-corrected chi connectivity index (χ4v) is 1.10. The first-order chi connectivity index (χ1) is 6.62. The zero-order chi connectivity index (χ0) is 10.6. The van der Waals surface area contributed by atoms with Crippen molar-refractivity contribution in [2.24, 2.45) is 5.73 Å². The maximum atomic E-state index is 12.6. The van der Waals surface area contributed by atoms with Gasteiger partial charge in [-0.25, -0.2) is 14.2 Å². The Kier molecular flexibility index (Phi) is 8.14. The van der Waals surface area contributed by atoms with Crippen molar-refractivity contribution in [1.82, 2.24) is 9.97 Å². The van der Waals surface area contributed by atoms with Crippen LogP contribution in [-0.4, -0.2) is 35.3 Å². The number of aromatic amines is 1. The summed E-state index contributed by atoms with van der Waals surface area (Å²) in [6, 6.07) is 0. The van der Waals surface area contributed by atoms with Crippen LogP contribution in [0.5, 0.6) is 0 Å². The summed E-state index contributed by atoms with van der Waals surface area (Å²) in [5, 5.41) is 0. The summed E-state index contributed by atoms with van der Waals surface area (Å²) in [5.41, 5.74) is 4.51. The van der Waals surface area contributed by atoms with Crippen LogP contribution < -0.4 is 5.73 Å². The molecule has 0 saturated heterocycles. The number of H-pyrrole nitrogens is 1. The van der Waals surface area contributed by atoms with Gasteiger partial charge in [-0.15, -0.1) is 24.8 Å². The van der Waals surface area contributed by atoms with Crippen molar-refractivity contribution in [2.45, 2.75) is 12.0 Å². The summed E-state index contributed by atoms with van der Waals surface area (Å²) in [6.45, 7) is -0.974. The number of nitrogens with one attached hydrogen (secondary N) is 1. The highest BCUT2D eigenvalue weighted by atomic mass is 35.5. The molecular formula is C8H14Cl2FN3O2. The van der Waals surface area contributed by atoms with Crippen LogP contribution in [-0.2, 0) is 16.0 Å². The van der Waals surface area contributed by atoms with Crippen LogP contribution in [0.3, 0.4) is 0 Å². The number of ether oxygens (including phenoxy) is 1. The number of halogens is 3. The maximum Gasteiger partial charge on any atom is 0.328 e. The summed E-state index contributed by atoms with van der Waals surface area (Å²) in [4.78, 5) is 17.7. The molecule has 16 heavy (non-hydrogen) atoms. The number of methoxy groups -OCH3 is 1. The monoisotopic (exact) mass is 273 g/mol. The number of carbonyl (C=O) groups excluding carboxylic acids is 1. The molecule has 5 nitrogen and oxygen atoms in total. The van der Waals surface area contributed by atoms with Crippen LogP contribution in [0.4, 0.5) is 4.39 Å². The van der Waals surface area contributed by atoms with Crippen LogP contribution in [0.15, 0.2) is 12.5 Å². The van der Waals surface area contributed by atoms with E-state index in [0.717, 1.165) is 0 Å². The number of hydrogen-bond donors (Lipinski definition) is 2. The number of esters is 1. The van der Waals surface area contributed by atoms with E-state index in [1.807, 2.05) is 0 Å². The van der Waals surface area contributed by atoms with E-state index in [2.05, 4.69) is 14.7 Å². The molecule has 1 aromatic rings. The molecule has 0 aliphatic carbocycles. The third kappa shape index (κ3) is 3.96. The van der Waals surface area contributed by atoms with E-state index >= 15 is 0 Å². The lowest BCUT2D eigenvalue weighted by Gasteiger charge is -2.21. The van der Waals surface area contributed by atoms with E-state index in [-0.39, 0.29) is 31.2 Å². The van der Waals surface area contributed by atoms with Gasteiger partial charge in [0.05, 0.1) is 13.4 Å². The van der Waals surface area contributed by atoms with Crippen molar-refractivity contribution < 1.29 is 13.9 Å². The molecule has 1 unspecified atom stereocenters. The number of carbonyl (C=O) groups is 1. The molecule has 1 heterocycles. The van der Waals surface area contributed by atoms with E-state index in [1.165, 1.54) is 19.6 Å². The highest BCUT2D eigenvalue weighted by Crippen LogP contribution is 2.11. The van der Waals surface area contributed by atoms with Crippen LogP contribution >= 0.6 is 24.8 Å². The van der Waals surface area contributed by atoms with Crippen molar-refractivity contribution in [3.05, 3.63) is 18.2 Å². The minimum Gasteiger partial charge on any atom is -0.468 e. The second-order valence-corrected chi connectivity index (χ2v) is 3.03. The number of imidazole rings is 1. The third-order valence-corrected chi connectivity index (χ3v) is 1.89. The Morgan fingerprint density at radius 3 is 2.69 bits per heavy atom. The highest BCUT2D eigenvalue weighted by molar-refractivity contribution is 5.85. The predicted octanol–water partition coefficient (Wildman–Crippen LogP) is 0.636. The number of alkyl halides is 1. The number of nitrogens with zero attached hydrogens (tertiary/aromatic N) is 1. The Hall–Kier alpha value is -0.850. The van der Waals surface area contributed by atoms with Gasteiger partial charge in [-0.2, -0.15) is 0 Å². The Bertz CT molecular complexity index is 310. The van der Waals surface area contributed by atoms with Crippen molar-refractivity contribution >= 4 is 30.8 Å². The molecule has 1 aromatic heterocycles. The number of hydrogen-bond acceptors (Lipinski definition) is 4. The molecule has 0 aliphatic heterocycles. The second kappa shape index (κ2) is 7.43. The average Bonchev–Trinajstić information content (AvgIpc) is 2.68. The molecule has 0 aromatic carbocycles. The first-order valence-electron chi connectivity index (χ1n) is 4.03. The molecule has 94 valence electrons. The van der Waals surface area contributed by atoms with Crippen LogP contribution in [0.1, 0.15) is 5.69 Å². The summed E-state index contributed by atoms with van der Waals surface area (Å²) < 4.78 is 17.0. The maximum absolute atomic E-state index is 12.6. The largest absolute Gasteiger partial charge is 0.468 e. The van der Waals surface area contributed by atoms with E-state index < -0.39 is 18.2 Å². The van der Waals surface area contributed by atoms with E-state index in [0.29, 0.717) is 5.69 Å². The standard InChI is InChI=1S/C8H12FN3O2.2ClH/c1-14-7(13)8(10,4-9)2-6-3-11-5-12-6;;/h3,5H,2,4,10H2,1H3,(H,11,12);2*1H. The Morgan fingerprint density at radius 2 is 2.31 bits per heavy atom. The molecule has 1 atom stereocenters. The van der Waals surface area contributed by atoms with Gasteiger partial charge in [0.2, 0.25) is 0 Å². The number of nitrogens with two attached hydrogens (primary N) is 1. The fourth-order valence-electron chi connectivity index (χ4n) is 1.10. The van der Waals surface area contributed by atoms with Gasteiger partial charge < -0.3 is 15.5 Å². The molecule has 1 rings (SSSR count). The topological polar surface area (TPSA) is 81.0 Å². The summed E-state index contributed by atoms with van der Waals surface area (Å²) >= 11 is 0. The molecule has 0 fully saturated rings. The molecule has 0 radical (unpaired) electrons. The van der Waals surface area contributed by atoms with Crippen LogP contribution in [0.25, 0.3) is 0 Å². The molecule has 0 spiro atoms. The van der Waals surface area contributed by atoms with E-state index in [9.17, 15) is 9.18 Å². The van der Waals surface area contributed by atoms with Gasteiger partial charge in [-0.3, -0.25) is 0 Å². The highest BCUT2D eigenvalue weighted by Gasteiger charge is 2.36. The fraction of sp³-hybridized carbons (Fsp3) is 0.500. The normalized spacial score (nSPS) is 12.9. The average molecular weight is 274 g/mol. The Morgan fingerprint density at radius 1 is 1.69 bits per heavy atom. The number of rotatable bonds is 4. The second-order valence-electron chi connectivity index (χ2n) is 3.03. The van der Waals surface area contributed by atoms with Gasteiger partial charge in [-0.05, 0) is 0 Å². The molecule has 0 bridgehead atoms. The lowest BCUT2D eigenvalue weighted by atomic mass is 9.97. The minimum atomic E-state index is -1.62. The van der Waals surface area contributed by atoms with E-state index in [1.54, 1.807) is 0 Å². The lowest BCUT2D eigenvalue weighted by Crippen LogP contribution is -2.52. The smallest absolute Gasteiger partial charge is 0.328 e. The first kappa shape index (κ1) is 17.5. The van der Waals surface area contributed by atoms with Gasteiger partial charge in [0.25, 0.3) is 0 Å². The quantitative estimate of drug-likeness (QED) is 0.789. The van der Waals surface area contributed by atoms with Crippen LogP contribution in [0.2, 0.25) is 0 Å². The van der Waals surface area contributed by atoms with Gasteiger partial charge >= 0.3 is 5.97 Å². The zero-order valence-electron chi connectivity index (χ0n) is 8.60. The van der Waals surface area contributed by atoms with Crippen molar-refractivity contribution in [1.29, 1.82) is 0 Å². The molecular weight excluding hydrogens is 260 g/mol. The van der Waals surface area contributed by atoms with Crippen molar-refractivity contribution in [3.8, 4) is 0 Å². The van der Waals surface area contributed by atoms with Gasteiger partial charge in [0.15, 0.2) is 0 Å².